The fourth-order valence-electron chi connectivity index (χ4n) is 3.12. The van der Waals surface area contributed by atoms with Crippen LogP contribution < -0.4 is 5.32 Å². The summed E-state index contributed by atoms with van der Waals surface area (Å²) in [6, 6.07) is 15.2. The molecule has 1 amide bonds. The van der Waals surface area contributed by atoms with Gasteiger partial charge in [-0.05, 0) is 37.1 Å². The number of para-hydroxylation sites is 1. The van der Waals surface area contributed by atoms with E-state index in [0.717, 1.165) is 36.0 Å². The molecular formula is C20H19N3O2. The number of hydrogen-bond acceptors (Lipinski definition) is 4. The lowest BCUT2D eigenvalue weighted by Gasteiger charge is -2.13. The lowest BCUT2D eigenvalue weighted by atomic mass is 10.1. The average Bonchev–Trinajstić information content (AvgIpc) is 3.19. The van der Waals surface area contributed by atoms with Gasteiger partial charge in [-0.2, -0.15) is 0 Å². The van der Waals surface area contributed by atoms with E-state index in [1.54, 1.807) is 6.20 Å². The standard InChI is InChI=1S/C20H19N3O2/c24-20(22-13-14-6-5-11-25-14)16-12-19(18-9-3-4-10-21-18)23-17-8-2-1-7-15(16)17/h1-4,7-10,12,14H,5-6,11,13H2,(H,22,24). The molecule has 1 unspecified atom stereocenters. The number of amides is 1. The quantitative estimate of drug-likeness (QED) is 0.796. The summed E-state index contributed by atoms with van der Waals surface area (Å²) < 4.78 is 5.58. The molecule has 1 aliphatic heterocycles. The average molecular weight is 333 g/mol. The van der Waals surface area contributed by atoms with Gasteiger partial charge in [0.15, 0.2) is 0 Å². The summed E-state index contributed by atoms with van der Waals surface area (Å²) in [4.78, 5) is 21.8. The highest BCUT2D eigenvalue weighted by Crippen LogP contribution is 2.23. The molecule has 0 bridgehead atoms. The van der Waals surface area contributed by atoms with Gasteiger partial charge >= 0.3 is 0 Å². The number of carbonyl (C=O) groups is 1. The molecule has 1 N–H and O–H groups in total. The molecule has 2 aromatic heterocycles. The lowest BCUT2D eigenvalue weighted by Crippen LogP contribution is -2.32. The predicted molar refractivity (Wildman–Crippen MR) is 96.3 cm³/mol. The number of fused-ring (bicyclic) bond motifs is 1. The Morgan fingerprint density at radius 1 is 1.16 bits per heavy atom. The van der Waals surface area contributed by atoms with E-state index in [1.165, 1.54) is 0 Å². The Morgan fingerprint density at radius 3 is 2.84 bits per heavy atom. The topological polar surface area (TPSA) is 64.1 Å². The first-order valence-electron chi connectivity index (χ1n) is 8.52. The second kappa shape index (κ2) is 6.99. The van der Waals surface area contributed by atoms with Crippen molar-refractivity contribution in [2.75, 3.05) is 13.2 Å². The molecule has 25 heavy (non-hydrogen) atoms. The van der Waals surface area contributed by atoms with E-state index in [2.05, 4.69) is 15.3 Å². The lowest BCUT2D eigenvalue weighted by molar-refractivity contribution is 0.0859. The van der Waals surface area contributed by atoms with Crippen molar-refractivity contribution in [1.29, 1.82) is 0 Å². The minimum Gasteiger partial charge on any atom is -0.376 e. The van der Waals surface area contributed by atoms with Crippen LogP contribution in [0.3, 0.4) is 0 Å². The van der Waals surface area contributed by atoms with Crippen LogP contribution in [0.4, 0.5) is 0 Å². The number of carbonyl (C=O) groups excluding carboxylic acids is 1. The first-order valence-corrected chi connectivity index (χ1v) is 8.52. The number of aromatic nitrogens is 2. The van der Waals surface area contributed by atoms with Crippen molar-refractivity contribution in [2.45, 2.75) is 18.9 Å². The molecule has 1 fully saturated rings. The number of ether oxygens (including phenoxy) is 1. The number of pyridine rings is 2. The summed E-state index contributed by atoms with van der Waals surface area (Å²) in [6.45, 7) is 1.32. The molecule has 0 spiro atoms. The molecule has 5 heteroatoms. The van der Waals surface area contributed by atoms with Crippen LogP contribution >= 0.6 is 0 Å². The summed E-state index contributed by atoms with van der Waals surface area (Å²) in [5, 5.41) is 3.84. The maximum Gasteiger partial charge on any atom is 0.252 e. The number of nitrogens with zero attached hydrogens (tertiary/aromatic N) is 2. The normalized spacial score (nSPS) is 16.9. The van der Waals surface area contributed by atoms with Gasteiger partial charge in [0.2, 0.25) is 0 Å². The van der Waals surface area contributed by atoms with Crippen molar-refractivity contribution in [3.8, 4) is 11.4 Å². The van der Waals surface area contributed by atoms with Crippen molar-refractivity contribution >= 4 is 16.8 Å². The fourth-order valence-corrected chi connectivity index (χ4v) is 3.12. The number of rotatable bonds is 4. The van der Waals surface area contributed by atoms with Crippen molar-refractivity contribution in [3.63, 3.8) is 0 Å². The summed E-state index contributed by atoms with van der Waals surface area (Å²) in [6.07, 6.45) is 3.90. The Balaban J connectivity index is 1.69. The molecule has 1 saturated heterocycles. The zero-order valence-electron chi connectivity index (χ0n) is 13.8. The van der Waals surface area contributed by atoms with Crippen LogP contribution in [0.25, 0.3) is 22.3 Å². The smallest absolute Gasteiger partial charge is 0.252 e. The summed E-state index contributed by atoms with van der Waals surface area (Å²) >= 11 is 0. The van der Waals surface area contributed by atoms with Crippen LogP contribution in [-0.2, 0) is 4.74 Å². The molecule has 1 aromatic carbocycles. The van der Waals surface area contributed by atoms with E-state index in [1.807, 2.05) is 48.5 Å². The van der Waals surface area contributed by atoms with Gasteiger partial charge < -0.3 is 10.1 Å². The van der Waals surface area contributed by atoms with Gasteiger partial charge in [-0.3, -0.25) is 9.78 Å². The molecule has 0 radical (unpaired) electrons. The van der Waals surface area contributed by atoms with E-state index in [9.17, 15) is 4.79 Å². The zero-order chi connectivity index (χ0) is 17.1. The number of benzene rings is 1. The van der Waals surface area contributed by atoms with E-state index < -0.39 is 0 Å². The van der Waals surface area contributed by atoms with Crippen LogP contribution in [0, 0.1) is 0 Å². The Bertz CT molecular complexity index is 890. The van der Waals surface area contributed by atoms with Gasteiger partial charge in [-0.1, -0.05) is 24.3 Å². The van der Waals surface area contributed by atoms with Gasteiger partial charge in [0.05, 0.1) is 28.6 Å². The number of nitrogens with one attached hydrogen (secondary N) is 1. The Hall–Kier alpha value is -2.79. The van der Waals surface area contributed by atoms with Gasteiger partial charge in [-0.15, -0.1) is 0 Å². The van der Waals surface area contributed by atoms with Crippen LogP contribution in [-0.4, -0.2) is 35.1 Å². The molecule has 0 aliphatic carbocycles. The van der Waals surface area contributed by atoms with Crippen LogP contribution in [0.15, 0.2) is 54.7 Å². The largest absolute Gasteiger partial charge is 0.376 e. The van der Waals surface area contributed by atoms with E-state index in [0.29, 0.717) is 17.8 Å². The van der Waals surface area contributed by atoms with Crippen molar-refractivity contribution in [3.05, 3.63) is 60.3 Å². The second-order valence-corrected chi connectivity index (χ2v) is 6.13. The third-order valence-electron chi connectivity index (χ3n) is 4.40. The monoisotopic (exact) mass is 333 g/mol. The van der Waals surface area contributed by atoms with Crippen molar-refractivity contribution in [1.82, 2.24) is 15.3 Å². The predicted octanol–water partition coefficient (Wildman–Crippen LogP) is 3.21. The second-order valence-electron chi connectivity index (χ2n) is 6.13. The summed E-state index contributed by atoms with van der Waals surface area (Å²) in [5.41, 5.74) is 2.85. The first kappa shape index (κ1) is 15.7. The van der Waals surface area contributed by atoms with E-state index in [4.69, 9.17) is 4.74 Å². The van der Waals surface area contributed by atoms with Crippen LogP contribution in [0.1, 0.15) is 23.2 Å². The first-order chi connectivity index (χ1) is 12.3. The highest BCUT2D eigenvalue weighted by Gasteiger charge is 2.18. The highest BCUT2D eigenvalue weighted by atomic mass is 16.5. The molecule has 4 rings (SSSR count). The maximum atomic E-state index is 12.8. The third kappa shape index (κ3) is 3.37. The summed E-state index contributed by atoms with van der Waals surface area (Å²) in [5.74, 6) is -0.105. The van der Waals surface area contributed by atoms with Crippen LogP contribution in [0.2, 0.25) is 0 Å². The molecule has 0 saturated carbocycles. The number of hydrogen-bond donors (Lipinski definition) is 1. The molecule has 3 aromatic rings. The maximum absolute atomic E-state index is 12.8. The molecule has 3 heterocycles. The third-order valence-corrected chi connectivity index (χ3v) is 4.40. The minimum atomic E-state index is -0.105. The van der Waals surface area contributed by atoms with Crippen molar-refractivity contribution in [2.24, 2.45) is 0 Å². The Morgan fingerprint density at radius 2 is 2.04 bits per heavy atom. The summed E-state index contributed by atoms with van der Waals surface area (Å²) in [7, 11) is 0. The fraction of sp³-hybridized carbons (Fsp3) is 0.250. The van der Waals surface area contributed by atoms with E-state index in [-0.39, 0.29) is 12.0 Å². The Labute approximate surface area is 146 Å². The van der Waals surface area contributed by atoms with Crippen molar-refractivity contribution < 1.29 is 9.53 Å². The SMILES string of the molecule is O=C(NCC1CCCO1)c1cc(-c2ccccn2)nc2ccccc12. The van der Waals surface area contributed by atoms with Gasteiger partial charge in [0.1, 0.15) is 0 Å². The van der Waals surface area contributed by atoms with Gasteiger partial charge in [-0.25, -0.2) is 4.98 Å². The highest BCUT2D eigenvalue weighted by molar-refractivity contribution is 6.07. The molecule has 5 nitrogen and oxygen atoms in total. The van der Waals surface area contributed by atoms with E-state index >= 15 is 0 Å². The molecule has 126 valence electrons. The molecule has 1 atom stereocenters. The zero-order valence-corrected chi connectivity index (χ0v) is 13.8. The van der Waals surface area contributed by atoms with Gasteiger partial charge in [0, 0.05) is 24.7 Å². The molecule has 1 aliphatic rings. The molecular weight excluding hydrogens is 314 g/mol. The van der Waals surface area contributed by atoms with Gasteiger partial charge in [0.25, 0.3) is 5.91 Å². The minimum absolute atomic E-state index is 0.105. The van der Waals surface area contributed by atoms with Crippen LogP contribution in [0.5, 0.6) is 0 Å². The Kier molecular flexibility index (Phi) is 4.39.